The van der Waals surface area contributed by atoms with Crippen LogP contribution < -0.4 is 41.5 Å². The molecule has 12 aromatic rings. The van der Waals surface area contributed by atoms with E-state index in [4.69, 9.17) is 57.6 Å². The molecule has 498 valence electrons. The highest BCUT2D eigenvalue weighted by Crippen LogP contribution is 2.48. The van der Waals surface area contributed by atoms with Gasteiger partial charge in [-0.05, 0) is 70.2 Å². The summed E-state index contributed by atoms with van der Waals surface area (Å²) in [7, 11) is -49.3. The van der Waals surface area contributed by atoms with Crippen molar-refractivity contribution in [1.29, 1.82) is 0 Å². The van der Waals surface area contributed by atoms with E-state index in [0.29, 0.717) is 60.0 Å². The van der Waals surface area contributed by atoms with Gasteiger partial charge in [0, 0.05) is 41.5 Å². The van der Waals surface area contributed by atoms with E-state index in [1.54, 1.807) is 0 Å². The summed E-state index contributed by atoms with van der Waals surface area (Å²) in [5.41, 5.74) is 5.59. The Balaban J connectivity index is 0.991. The molecule has 0 saturated carbocycles. The molecule has 0 aromatic heterocycles. The maximum absolute atomic E-state index is 8.72. The molecule has 0 N–H and O–H groups in total. The van der Waals surface area contributed by atoms with Gasteiger partial charge in [-0.3, -0.25) is 0 Å². The summed E-state index contributed by atoms with van der Waals surface area (Å²) in [4.78, 5) is 0. The Morgan fingerprint density at radius 1 is 0.210 bits per heavy atom. The van der Waals surface area contributed by atoms with Crippen LogP contribution in [-0.4, -0.2) is 87.6 Å². The van der Waals surface area contributed by atoms with Crippen molar-refractivity contribution in [3.05, 3.63) is 339 Å². The molecule has 0 radical (unpaired) electrons. The van der Waals surface area contributed by atoms with Gasteiger partial charge in [0.05, 0.1) is 0 Å². The van der Waals surface area contributed by atoms with Crippen LogP contribution in [0.2, 0.25) is 25.2 Å². The predicted octanol–water partition coefficient (Wildman–Crippen LogP) is 10.9. The van der Waals surface area contributed by atoms with Crippen LogP contribution >= 0.6 is 0 Å². The molecule has 6 heterocycles. The molecule has 18 rings (SSSR count). The number of benzene rings is 12. The van der Waals surface area contributed by atoms with Gasteiger partial charge < -0.3 is 57.6 Å². The molecule has 6 fully saturated rings. The smallest absolute Gasteiger partial charge is 0.391 e. The first kappa shape index (κ1) is 65.8. The largest absolute Gasteiger partial charge is 0.515 e. The molecular weight excluding hydrogens is 1420 g/mol. The molecule has 14 nitrogen and oxygen atoms in total. The molecule has 6 aliphatic heterocycles. The first-order chi connectivity index (χ1) is 48.8. The second-order valence-corrected chi connectivity index (χ2v) is 56.4. The Hall–Kier alpha value is -7.49. The fourth-order valence-electron chi connectivity index (χ4n) is 13.9. The molecule has 0 aliphatic carbocycles. The molecule has 12 aromatic carbocycles. The molecular formula is C76H70O14Si10. The van der Waals surface area contributed by atoms with Gasteiger partial charge in [0.1, 0.15) is 0 Å². The van der Waals surface area contributed by atoms with Crippen LogP contribution in [0.5, 0.6) is 0 Å². The van der Waals surface area contributed by atoms with E-state index in [-0.39, 0.29) is 0 Å². The van der Waals surface area contributed by atoms with Crippen molar-refractivity contribution < 1.29 is 57.6 Å². The summed E-state index contributed by atoms with van der Waals surface area (Å²) >= 11 is 0. The Morgan fingerprint density at radius 2 is 0.420 bits per heavy atom. The molecule has 8 bridgehead atoms. The Morgan fingerprint density at radius 3 is 0.670 bits per heavy atom. The lowest BCUT2D eigenvalue weighted by Gasteiger charge is -2.61. The standard InChI is InChI=1S/C76H70O14Si10/c1-4-91(2)77-93(65-36-16-6-17-37-65)81-97(69-44-24-10-25-45-69)85-95(67-40-20-8-21-41-67)79-92(3,61-60-62-54-56-64(57-55-62)74-59-58-73(63-34-14-5-15-35-63)75-52-32-33-53-76(74)75)80-96(68-42-22-9-23-43-68)87-99(89-97,71-48-28-12-29-49-71)83-94(78-91,66-38-18-7-19-39-66)84-100(88-96,72-50-30-13-31-51-72)90-98(82-93,86-95)70-46-26-11-27-47-70/h5-59H,4,60-61H2,1-3H3. The van der Waals surface area contributed by atoms with Crippen LogP contribution in [0, 0.1) is 0 Å². The van der Waals surface area contributed by atoms with Crippen molar-refractivity contribution in [2.24, 2.45) is 0 Å². The summed E-state index contributed by atoms with van der Waals surface area (Å²) in [6.07, 6.45) is 0.462. The quantitative estimate of drug-likeness (QED) is 0.0958. The number of hydrogen-bond acceptors (Lipinski definition) is 14. The lowest BCUT2D eigenvalue weighted by molar-refractivity contribution is 0.0254. The molecule has 4 unspecified atom stereocenters. The molecule has 0 amide bonds. The maximum Gasteiger partial charge on any atom is 0.515 e. The summed E-state index contributed by atoms with van der Waals surface area (Å²) in [5.74, 6) is 0. The number of fused-ring (bicyclic) bond motifs is 5. The lowest BCUT2D eigenvalue weighted by Crippen LogP contribution is -2.93. The summed E-state index contributed by atoms with van der Waals surface area (Å²) in [6, 6.07) is 112. The minimum Gasteiger partial charge on any atom is -0.391 e. The molecule has 0 spiro atoms. The average Bonchev–Trinajstić information content (AvgIpc) is 0.676. The second kappa shape index (κ2) is 26.1. The minimum absolute atomic E-state index is 0.298. The highest BCUT2D eigenvalue weighted by atomic mass is 28.6. The van der Waals surface area contributed by atoms with Crippen LogP contribution in [0.4, 0.5) is 0 Å². The van der Waals surface area contributed by atoms with E-state index in [1.165, 1.54) is 16.5 Å². The van der Waals surface area contributed by atoms with Crippen molar-refractivity contribution in [1.82, 2.24) is 0 Å². The van der Waals surface area contributed by atoms with Crippen molar-refractivity contribution in [3.63, 3.8) is 0 Å². The summed E-state index contributed by atoms with van der Waals surface area (Å²) in [6.45, 7) is 6.17. The average molecular weight is 1490 g/mol. The van der Waals surface area contributed by atoms with Gasteiger partial charge in [0.2, 0.25) is 0 Å². The fraction of sp³-hybridized carbons (Fsp3) is 0.0789. The Bertz CT molecular complexity index is 4550. The maximum atomic E-state index is 8.72. The fourth-order valence-corrected chi connectivity index (χ4v) is 70.1. The van der Waals surface area contributed by atoms with Crippen LogP contribution in [-0.2, 0) is 64.0 Å². The van der Waals surface area contributed by atoms with Crippen molar-refractivity contribution >= 4 is 140 Å². The van der Waals surface area contributed by atoms with E-state index >= 15 is 0 Å². The first-order valence-corrected chi connectivity index (χ1v) is 52.6. The van der Waals surface area contributed by atoms with Gasteiger partial charge in [-0.25, -0.2) is 0 Å². The van der Waals surface area contributed by atoms with Crippen molar-refractivity contribution in [2.75, 3.05) is 0 Å². The highest BCUT2D eigenvalue weighted by Gasteiger charge is 2.83. The number of aryl methyl sites for hydroxylation is 1. The van der Waals surface area contributed by atoms with E-state index in [0.717, 1.165) is 22.1 Å². The molecule has 24 heteroatoms. The zero-order chi connectivity index (χ0) is 67.6. The molecule has 100 heavy (non-hydrogen) atoms. The van der Waals surface area contributed by atoms with Gasteiger partial charge in [0.25, 0.3) is 0 Å². The van der Waals surface area contributed by atoms with Crippen molar-refractivity contribution in [3.8, 4) is 22.3 Å². The Labute approximate surface area is 593 Å². The van der Waals surface area contributed by atoms with Gasteiger partial charge in [0.15, 0.2) is 0 Å². The van der Waals surface area contributed by atoms with E-state index in [2.05, 4.69) is 104 Å². The topological polar surface area (TPSA) is 129 Å². The Kier molecular flexibility index (Phi) is 17.2. The second-order valence-electron chi connectivity index (χ2n) is 25.7. The third kappa shape index (κ3) is 11.8. The van der Waals surface area contributed by atoms with E-state index < -0.39 is 87.6 Å². The highest BCUT2D eigenvalue weighted by molar-refractivity contribution is 7.12. The zero-order valence-electron chi connectivity index (χ0n) is 55.1. The zero-order valence-corrected chi connectivity index (χ0v) is 65.1. The number of rotatable bonds is 14. The van der Waals surface area contributed by atoms with Gasteiger partial charge >= 0.3 is 87.6 Å². The monoisotopic (exact) mass is 1490 g/mol. The van der Waals surface area contributed by atoms with Gasteiger partial charge in [-0.2, -0.15) is 0 Å². The summed E-state index contributed by atoms with van der Waals surface area (Å²) in [5, 5.41) is 6.66. The predicted molar refractivity (Wildman–Crippen MR) is 407 cm³/mol. The molecule has 6 aliphatic rings. The lowest BCUT2D eigenvalue weighted by atomic mass is 9.92. The molecule has 6 saturated heterocycles. The SMILES string of the molecule is CC[Si]1(C)O[Si]2(c3ccccc3)O[Si]3(c4ccccc4)O[Si]4(c5ccccc5)O[Si](C)(CCc5ccc(-c6ccc(-c7ccccc7)c7ccccc67)cc5)O[Si]5(c6ccccc6)O[Si](c6ccccc6)(O[Si](c6ccccc6)(O1)O[Si](c1ccccc1)(O5)O[Si](c1ccccc1)(O2)O4)O3. The van der Waals surface area contributed by atoms with Crippen LogP contribution in [0.1, 0.15) is 12.5 Å². The van der Waals surface area contributed by atoms with Crippen LogP contribution in [0.25, 0.3) is 33.0 Å². The van der Waals surface area contributed by atoms with E-state index in [1.807, 2.05) is 249 Å². The third-order valence-electron chi connectivity index (χ3n) is 18.9. The number of hydrogen-bond donors (Lipinski definition) is 0. The molecule has 4 atom stereocenters. The normalized spacial score (nSPS) is 30.1. The first-order valence-electron chi connectivity index (χ1n) is 33.7. The van der Waals surface area contributed by atoms with Crippen LogP contribution in [0.3, 0.4) is 0 Å². The summed E-state index contributed by atoms with van der Waals surface area (Å²) < 4.78 is 120. The van der Waals surface area contributed by atoms with Crippen molar-refractivity contribution in [2.45, 2.75) is 38.5 Å². The van der Waals surface area contributed by atoms with Crippen LogP contribution in [0.15, 0.2) is 334 Å². The third-order valence-corrected chi connectivity index (χ3v) is 62.4. The van der Waals surface area contributed by atoms with Gasteiger partial charge in [-0.15, -0.1) is 0 Å². The van der Waals surface area contributed by atoms with Gasteiger partial charge in [-0.1, -0.05) is 341 Å². The van der Waals surface area contributed by atoms with E-state index in [9.17, 15) is 0 Å². The minimum atomic E-state index is -5.22.